The lowest BCUT2D eigenvalue weighted by Crippen LogP contribution is -2.34. The van der Waals surface area contributed by atoms with Crippen LogP contribution >= 0.6 is 0 Å². The molecule has 0 aromatic heterocycles. The topological polar surface area (TPSA) is 57.2 Å². The number of unbranched alkanes of at least 4 members (excludes halogenated alkanes) is 1. The van der Waals surface area contributed by atoms with E-state index >= 15 is 0 Å². The van der Waals surface area contributed by atoms with Gasteiger partial charge in [-0.15, -0.1) is 0 Å². The second-order valence-electron chi connectivity index (χ2n) is 6.14. The smallest absolute Gasteiger partial charge is 0.157 e. The van der Waals surface area contributed by atoms with E-state index in [1.54, 1.807) is 14.2 Å². The van der Waals surface area contributed by atoms with Gasteiger partial charge in [0.2, 0.25) is 0 Å². The molecular formula is C18H30O5. The third kappa shape index (κ3) is 4.49. The fraction of sp³-hybridized carbons (Fsp3) is 0.778. The third-order valence-electron chi connectivity index (χ3n) is 4.70. The summed E-state index contributed by atoms with van der Waals surface area (Å²) in [6.45, 7) is 1.48. The van der Waals surface area contributed by atoms with E-state index in [4.69, 9.17) is 18.9 Å². The summed E-state index contributed by atoms with van der Waals surface area (Å²) in [4.78, 5) is 0. The second kappa shape index (κ2) is 9.30. The minimum atomic E-state index is -0.552. The van der Waals surface area contributed by atoms with Crippen LogP contribution in [0.3, 0.4) is 0 Å². The van der Waals surface area contributed by atoms with Crippen LogP contribution in [0, 0.1) is 5.41 Å². The highest BCUT2D eigenvalue weighted by Gasteiger charge is 2.41. The summed E-state index contributed by atoms with van der Waals surface area (Å²) in [5.41, 5.74) is -0.552. The van der Waals surface area contributed by atoms with Crippen molar-refractivity contribution in [3.63, 3.8) is 0 Å². The van der Waals surface area contributed by atoms with Gasteiger partial charge in [0.1, 0.15) is 16.9 Å². The van der Waals surface area contributed by atoms with E-state index in [1.165, 1.54) is 6.42 Å². The molecule has 5 heteroatoms. The Kier molecular flexibility index (Phi) is 7.40. The SMILES string of the molecule is COC1=CCC=C(OC)C1(CO)CCCCOC1CCCCO1. The van der Waals surface area contributed by atoms with Gasteiger partial charge in [-0.2, -0.15) is 0 Å². The maximum Gasteiger partial charge on any atom is 0.157 e. The Morgan fingerprint density at radius 3 is 2.48 bits per heavy atom. The number of allylic oxidation sites excluding steroid dienone is 2. The average molecular weight is 326 g/mol. The fourth-order valence-corrected chi connectivity index (χ4v) is 3.41. The lowest BCUT2D eigenvalue weighted by molar-refractivity contribution is -0.163. The molecule has 132 valence electrons. The number of ether oxygens (including phenoxy) is 4. The number of aliphatic hydroxyl groups excluding tert-OH is 1. The summed E-state index contributed by atoms with van der Waals surface area (Å²) < 4.78 is 22.4. The van der Waals surface area contributed by atoms with Crippen molar-refractivity contribution in [3.8, 4) is 0 Å². The highest BCUT2D eigenvalue weighted by atomic mass is 16.7. The molecule has 1 saturated heterocycles. The second-order valence-corrected chi connectivity index (χ2v) is 6.14. The summed E-state index contributed by atoms with van der Waals surface area (Å²) in [7, 11) is 3.30. The van der Waals surface area contributed by atoms with Crippen LogP contribution in [0.25, 0.3) is 0 Å². The van der Waals surface area contributed by atoms with E-state index in [2.05, 4.69) is 0 Å². The Hall–Kier alpha value is -1.04. The number of rotatable bonds is 9. The van der Waals surface area contributed by atoms with Crippen molar-refractivity contribution in [2.24, 2.45) is 5.41 Å². The predicted molar refractivity (Wildman–Crippen MR) is 87.7 cm³/mol. The van der Waals surface area contributed by atoms with Crippen LogP contribution in [-0.4, -0.2) is 45.4 Å². The summed E-state index contributed by atoms with van der Waals surface area (Å²) in [6, 6.07) is 0. The predicted octanol–water partition coefficient (Wildman–Crippen LogP) is 3.14. The van der Waals surface area contributed by atoms with Crippen LogP contribution in [-0.2, 0) is 18.9 Å². The molecule has 1 atom stereocenters. The number of hydrogen-bond acceptors (Lipinski definition) is 5. The van der Waals surface area contributed by atoms with Crippen molar-refractivity contribution < 1.29 is 24.1 Å². The summed E-state index contributed by atoms with van der Waals surface area (Å²) in [5, 5.41) is 10.0. The molecule has 0 amide bonds. The number of hydrogen-bond donors (Lipinski definition) is 1. The molecule has 0 bridgehead atoms. The standard InChI is InChI=1S/C18H30O5/c1-20-15-8-7-9-16(21-2)18(15,14-19)11-4-6-13-23-17-10-3-5-12-22-17/h8-9,17,19H,3-7,10-14H2,1-2H3. The molecule has 0 saturated carbocycles. The summed E-state index contributed by atoms with van der Waals surface area (Å²) in [6.07, 6.45) is 10.7. The molecule has 1 N–H and O–H groups in total. The minimum absolute atomic E-state index is 0.0149. The fourth-order valence-electron chi connectivity index (χ4n) is 3.41. The van der Waals surface area contributed by atoms with Crippen molar-refractivity contribution in [2.75, 3.05) is 34.0 Å². The van der Waals surface area contributed by atoms with E-state index < -0.39 is 5.41 Å². The van der Waals surface area contributed by atoms with Crippen LogP contribution < -0.4 is 0 Å². The first-order valence-corrected chi connectivity index (χ1v) is 8.60. The molecule has 2 aliphatic rings. The van der Waals surface area contributed by atoms with E-state index in [9.17, 15) is 5.11 Å². The third-order valence-corrected chi connectivity index (χ3v) is 4.70. The van der Waals surface area contributed by atoms with Crippen molar-refractivity contribution in [1.82, 2.24) is 0 Å². The largest absolute Gasteiger partial charge is 0.500 e. The normalized spacial score (nSPS) is 23.9. The van der Waals surface area contributed by atoms with Crippen LogP contribution in [0.2, 0.25) is 0 Å². The van der Waals surface area contributed by atoms with E-state index in [0.29, 0.717) is 6.61 Å². The molecule has 5 nitrogen and oxygen atoms in total. The average Bonchev–Trinajstić information content (AvgIpc) is 2.61. The van der Waals surface area contributed by atoms with Crippen molar-refractivity contribution in [1.29, 1.82) is 0 Å². The van der Waals surface area contributed by atoms with Gasteiger partial charge in [0.25, 0.3) is 0 Å². The van der Waals surface area contributed by atoms with Gasteiger partial charge in [-0.1, -0.05) is 0 Å². The summed E-state index contributed by atoms with van der Waals surface area (Å²) in [5.74, 6) is 1.60. The van der Waals surface area contributed by atoms with E-state index in [0.717, 1.165) is 56.7 Å². The van der Waals surface area contributed by atoms with Crippen molar-refractivity contribution in [2.45, 2.75) is 51.2 Å². The molecule has 2 rings (SSSR count). The van der Waals surface area contributed by atoms with Gasteiger partial charge >= 0.3 is 0 Å². The van der Waals surface area contributed by atoms with Gasteiger partial charge in [-0.3, -0.25) is 0 Å². The van der Waals surface area contributed by atoms with Gasteiger partial charge in [-0.05, 0) is 57.1 Å². The Morgan fingerprint density at radius 2 is 1.91 bits per heavy atom. The van der Waals surface area contributed by atoms with Gasteiger partial charge in [0.05, 0.1) is 20.8 Å². The molecule has 1 unspecified atom stereocenters. The van der Waals surface area contributed by atoms with E-state index in [1.807, 2.05) is 12.2 Å². The van der Waals surface area contributed by atoms with Crippen LogP contribution in [0.5, 0.6) is 0 Å². The zero-order chi connectivity index (χ0) is 16.5. The molecule has 0 radical (unpaired) electrons. The Labute approximate surface area is 139 Å². The molecule has 23 heavy (non-hydrogen) atoms. The van der Waals surface area contributed by atoms with Crippen molar-refractivity contribution >= 4 is 0 Å². The minimum Gasteiger partial charge on any atom is -0.500 e. The Balaban J connectivity index is 1.81. The maximum absolute atomic E-state index is 10.0. The number of aliphatic hydroxyl groups is 1. The van der Waals surface area contributed by atoms with Gasteiger partial charge in [0, 0.05) is 13.2 Å². The van der Waals surface area contributed by atoms with Crippen molar-refractivity contribution in [3.05, 3.63) is 23.7 Å². The maximum atomic E-state index is 10.0. The first-order chi connectivity index (χ1) is 11.3. The van der Waals surface area contributed by atoms with Crippen LogP contribution in [0.4, 0.5) is 0 Å². The molecule has 1 fully saturated rings. The molecule has 0 spiro atoms. The number of methoxy groups -OCH3 is 2. The quantitative estimate of drug-likeness (QED) is 0.660. The van der Waals surface area contributed by atoms with Crippen LogP contribution in [0.15, 0.2) is 23.7 Å². The Bertz CT molecular complexity index is 390. The molecular weight excluding hydrogens is 296 g/mol. The first kappa shape index (κ1) is 18.3. The highest BCUT2D eigenvalue weighted by molar-refractivity contribution is 5.28. The monoisotopic (exact) mass is 326 g/mol. The highest BCUT2D eigenvalue weighted by Crippen LogP contribution is 2.43. The van der Waals surface area contributed by atoms with E-state index in [-0.39, 0.29) is 12.9 Å². The molecule has 1 aliphatic carbocycles. The zero-order valence-electron chi connectivity index (χ0n) is 14.4. The van der Waals surface area contributed by atoms with Gasteiger partial charge < -0.3 is 24.1 Å². The Morgan fingerprint density at radius 1 is 1.17 bits per heavy atom. The zero-order valence-corrected chi connectivity index (χ0v) is 14.4. The molecule has 0 aromatic rings. The lowest BCUT2D eigenvalue weighted by atomic mass is 9.76. The van der Waals surface area contributed by atoms with Gasteiger partial charge in [-0.25, -0.2) is 0 Å². The summed E-state index contributed by atoms with van der Waals surface area (Å²) >= 11 is 0. The molecule has 1 heterocycles. The van der Waals surface area contributed by atoms with Gasteiger partial charge in [0.15, 0.2) is 6.29 Å². The lowest BCUT2D eigenvalue weighted by Gasteiger charge is -2.36. The van der Waals surface area contributed by atoms with Crippen LogP contribution in [0.1, 0.15) is 44.9 Å². The first-order valence-electron chi connectivity index (χ1n) is 8.60. The molecule has 0 aromatic carbocycles. The molecule has 1 aliphatic heterocycles.